The van der Waals surface area contributed by atoms with Gasteiger partial charge in [0.05, 0.1) is 0 Å². The molecule has 0 aliphatic rings. The van der Waals surface area contributed by atoms with Crippen molar-refractivity contribution in [2.45, 2.75) is 6.10 Å². The third kappa shape index (κ3) is 2.48. The largest absolute Gasteiger partial charge is 0.479 e. The van der Waals surface area contributed by atoms with Crippen LogP contribution in [-0.2, 0) is 4.79 Å². The Bertz CT molecular complexity index is 422. The minimum atomic E-state index is -1.86. The van der Waals surface area contributed by atoms with E-state index in [4.69, 9.17) is 10.2 Å². The number of hydrogen-bond donors (Lipinski definition) is 2. The van der Waals surface area contributed by atoms with E-state index in [0.717, 1.165) is 0 Å². The fraction of sp³-hybridized carbons (Fsp3) is 0.143. The highest BCUT2D eigenvalue weighted by Crippen LogP contribution is 2.24. The van der Waals surface area contributed by atoms with Crippen LogP contribution in [0.2, 0.25) is 0 Å². The number of halogens is 1. The normalized spacial score (nSPS) is 12.1. The van der Waals surface area contributed by atoms with E-state index in [2.05, 4.69) is 20.9 Å². The van der Waals surface area contributed by atoms with Gasteiger partial charge in [-0.25, -0.2) is 4.79 Å². The Morgan fingerprint density at radius 1 is 1.60 bits per heavy atom. The number of carbonyl (C=O) groups is 1. The van der Waals surface area contributed by atoms with Crippen LogP contribution < -0.4 is 0 Å². The van der Waals surface area contributed by atoms with Gasteiger partial charge in [-0.05, 0) is 38.0 Å². The zero-order chi connectivity index (χ0) is 11.6. The van der Waals surface area contributed by atoms with Crippen LogP contribution in [0.5, 0.6) is 0 Å². The van der Waals surface area contributed by atoms with Crippen LogP contribution >= 0.6 is 15.9 Å². The number of rotatable bonds is 3. The lowest BCUT2D eigenvalue weighted by molar-refractivity contribution is -0.390. The molecule has 0 spiro atoms. The SMILES string of the molecule is O=C(O)C(O)c1ccc(Br)c([N+](=O)[O-])n1. The number of hydrogen-bond acceptors (Lipinski definition) is 5. The van der Waals surface area contributed by atoms with E-state index in [9.17, 15) is 14.9 Å². The Morgan fingerprint density at radius 3 is 2.67 bits per heavy atom. The molecule has 1 unspecified atom stereocenters. The summed E-state index contributed by atoms with van der Waals surface area (Å²) in [5.74, 6) is -2.05. The van der Waals surface area contributed by atoms with Crippen molar-refractivity contribution in [2.24, 2.45) is 0 Å². The second-order valence-electron chi connectivity index (χ2n) is 2.54. The number of aliphatic hydroxyl groups excluding tert-OH is 1. The zero-order valence-electron chi connectivity index (χ0n) is 7.12. The van der Waals surface area contributed by atoms with E-state index in [1.54, 1.807) is 0 Å². The van der Waals surface area contributed by atoms with Crippen LogP contribution in [0.15, 0.2) is 16.6 Å². The summed E-state index contributed by atoms with van der Waals surface area (Å²) in [6, 6.07) is 2.45. The smallest absolute Gasteiger partial charge is 0.378 e. The third-order valence-corrected chi connectivity index (χ3v) is 2.16. The van der Waals surface area contributed by atoms with Crippen molar-refractivity contribution in [1.29, 1.82) is 0 Å². The summed E-state index contributed by atoms with van der Waals surface area (Å²) in [4.78, 5) is 23.5. The summed E-state index contributed by atoms with van der Waals surface area (Å²) in [6.45, 7) is 0. The summed E-state index contributed by atoms with van der Waals surface area (Å²) in [5.41, 5.74) is -0.280. The predicted octanol–water partition coefficient (Wildman–Crippen LogP) is 0.870. The number of carboxylic acids is 1. The van der Waals surface area contributed by atoms with E-state index >= 15 is 0 Å². The molecule has 0 amide bonds. The lowest BCUT2D eigenvalue weighted by atomic mass is 10.2. The molecular weight excluding hydrogens is 272 g/mol. The van der Waals surface area contributed by atoms with Gasteiger partial charge >= 0.3 is 11.8 Å². The number of nitrogens with zero attached hydrogens (tertiary/aromatic N) is 2. The summed E-state index contributed by atoms with van der Waals surface area (Å²) in [6.07, 6.45) is -1.86. The Hall–Kier alpha value is -1.54. The van der Waals surface area contributed by atoms with Crippen molar-refractivity contribution in [3.8, 4) is 0 Å². The summed E-state index contributed by atoms with van der Waals surface area (Å²) in [7, 11) is 0. The third-order valence-electron chi connectivity index (χ3n) is 1.54. The van der Waals surface area contributed by atoms with E-state index < -0.39 is 22.8 Å². The minimum Gasteiger partial charge on any atom is -0.479 e. The average Bonchev–Trinajstić information content (AvgIpc) is 2.16. The van der Waals surface area contributed by atoms with Crippen LogP contribution in [0.25, 0.3) is 0 Å². The van der Waals surface area contributed by atoms with Crippen LogP contribution in [-0.4, -0.2) is 26.1 Å². The van der Waals surface area contributed by atoms with Gasteiger partial charge < -0.3 is 20.3 Å². The molecular formula is C7H5BrN2O5. The summed E-state index contributed by atoms with van der Waals surface area (Å²) in [5, 5.41) is 28.0. The van der Waals surface area contributed by atoms with Gasteiger partial charge in [-0.1, -0.05) is 0 Å². The van der Waals surface area contributed by atoms with E-state index in [1.807, 2.05) is 0 Å². The molecule has 1 heterocycles. The topological polar surface area (TPSA) is 114 Å². The molecule has 0 aliphatic heterocycles. The van der Waals surface area contributed by atoms with Gasteiger partial charge in [0.2, 0.25) is 6.10 Å². The second kappa shape index (κ2) is 4.32. The molecule has 0 aliphatic carbocycles. The van der Waals surface area contributed by atoms with Crippen molar-refractivity contribution in [3.63, 3.8) is 0 Å². The maximum absolute atomic E-state index is 10.5. The molecule has 1 aromatic heterocycles. The van der Waals surface area contributed by atoms with Crippen LogP contribution in [0.1, 0.15) is 11.8 Å². The molecule has 15 heavy (non-hydrogen) atoms. The maximum Gasteiger partial charge on any atom is 0.378 e. The monoisotopic (exact) mass is 276 g/mol. The van der Waals surface area contributed by atoms with Crippen molar-refractivity contribution < 1.29 is 19.9 Å². The van der Waals surface area contributed by atoms with E-state index in [-0.39, 0.29) is 10.2 Å². The van der Waals surface area contributed by atoms with Gasteiger partial charge in [0.25, 0.3) is 0 Å². The minimum absolute atomic E-state index is 0.119. The standard InChI is InChI=1S/C7H5BrN2O5/c8-3-1-2-4(5(11)7(12)13)9-6(3)10(14)15/h1-2,5,11H,(H,12,13). The maximum atomic E-state index is 10.5. The first kappa shape index (κ1) is 11.5. The molecule has 0 fully saturated rings. The van der Waals surface area contributed by atoms with Crippen LogP contribution in [0, 0.1) is 10.1 Å². The van der Waals surface area contributed by atoms with Gasteiger partial charge in [0, 0.05) is 0 Å². The highest BCUT2D eigenvalue weighted by Gasteiger charge is 2.25. The quantitative estimate of drug-likeness (QED) is 0.626. The van der Waals surface area contributed by atoms with E-state index in [1.165, 1.54) is 12.1 Å². The number of nitro groups is 1. The first-order valence-corrected chi connectivity index (χ1v) is 4.44. The zero-order valence-corrected chi connectivity index (χ0v) is 8.71. The van der Waals surface area contributed by atoms with Gasteiger partial charge in [-0.15, -0.1) is 0 Å². The molecule has 0 bridgehead atoms. The molecule has 0 saturated heterocycles. The van der Waals surface area contributed by atoms with Gasteiger partial charge in [0.15, 0.2) is 5.69 Å². The van der Waals surface area contributed by atoms with Gasteiger partial charge in [-0.2, -0.15) is 0 Å². The number of carboxylic acid groups (broad SMARTS) is 1. The summed E-state index contributed by atoms with van der Waals surface area (Å²) < 4.78 is 0.119. The highest BCUT2D eigenvalue weighted by atomic mass is 79.9. The molecule has 0 radical (unpaired) electrons. The van der Waals surface area contributed by atoms with Crippen LogP contribution in [0.3, 0.4) is 0 Å². The molecule has 1 aromatic rings. The Kier molecular flexibility index (Phi) is 3.32. The molecule has 0 aromatic carbocycles. The molecule has 1 atom stereocenters. The summed E-state index contributed by atoms with van der Waals surface area (Å²) >= 11 is 2.88. The first-order chi connectivity index (χ1) is 6.93. The molecule has 8 heteroatoms. The second-order valence-corrected chi connectivity index (χ2v) is 3.39. The van der Waals surface area contributed by atoms with Crippen molar-refractivity contribution in [1.82, 2.24) is 4.98 Å². The van der Waals surface area contributed by atoms with Gasteiger partial charge in [-0.3, -0.25) is 0 Å². The Labute approximate surface area is 91.7 Å². The predicted molar refractivity (Wildman–Crippen MR) is 51.2 cm³/mol. The molecule has 1 rings (SSSR count). The molecule has 2 N–H and O–H groups in total. The number of aliphatic hydroxyl groups is 1. The number of aromatic nitrogens is 1. The lowest BCUT2D eigenvalue weighted by Crippen LogP contribution is -2.12. The Balaban J connectivity index is 3.18. The number of aliphatic carboxylic acids is 1. The van der Waals surface area contributed by atoms with Crippen molar-refractivity contribution >= 4 is 27.7 Å². The van der Waals surface area contributed by atoms with E-state index in [0.29, 0.717) is 0 Å². The highest BCUT2D eigenvalue weighted by molar-refractivity contribution is 9.10. The molecule has 80 valence electrons. The Morgan fingerprint density at radius 2 is 2.20 bits per heavy atom. The fourth-order valence-corrected chi connectivity index (χ4v) is 1.22. The molecule has 7 nitrogen and oxygen atoms in total. The van der Waals surface area contributed by atoms with Crippen molar-refractivity contribution in [2.75, 3.05) is 0 Å². The lowest BCUT2D eigenvalue weighted by Gasteiger charge is -2.01. The average molecular weight is 277 g/mol. The van der Waals surface area contributed by atoms with Crippen molar-refractivity contribution in [3.05, 3.63) is 32.4 Å². The van der Waals surface area contributed by atoms with Crippen LogP contribution in [0.4, 0.5) is 5.82 Å². The fourth-order valence-electron chi connectivity index (χ4n) is 0.853. The first-order valence-electron chi connectivity index (χ1n) is 3.65. The molecule has 0 saturated carbocycles. The number of pyridine rings is 1. The van der Waals surface area contributed by atoms with Gasteiger partial charge in [0.1, 0.15) is 4.47 Å².